The van der Waals surface area contributed by atoms with E-state index >= 15 is 0 Å². The fourth-order valence-corrected chi connectivity index (χ4v) is 4.37. The number of carbonyl (C=O) groups excluding carboxylic acids is 2. The summed E-state index contributed by atoms with van der Waals surface area (Å²) in [7, 11) is 0.862. The lowest BCUT2D eigenvalue weighted by Crippen LogP contribution is -2.60. The molecule has 0 aromatic carbocycles. The van der Waals surface area contributed by atoms with E-state index in [9.17, 15) is 9.59 Å². The molecular weight excluding hydrogens is 402 g/mol. The Morgan fingerprint density at radius 3 is 2.13 bits per heavy atom. The summed E-state index contributed by atoms with van der Waals surface area (Å²) in [5.74, 6) is -0.536. The zero-order valence-electron chi connectivity index (χ0n) is 20.5. The van der Waals surface area contributed by atoms with E-state index in [1.165, 1.54) is 19.1 Å². The van der Waals surface area contributed by atoms with Crippen LogP contribution in [0.4, 0.5) is 4.79 Å². The van der Waals surface area contributed by atoms with Gasteiger partial charge in [0.15, 0.2) is 13.9 Å². The minimum atomic E-state index is -1.99. The Morgan fingerprint density at radius 2 is 1.70 bits per heavy atom. The number of likely N-dealkylation sites (tertiary alicyclic amines) is 1. The monoisotopic (exact) mass is 443 g/mol. The van der Waals surface area contributed by atoms with Gasteiger partial charge in [-0.25, -0.2) is 9.59 Å². The van der Waals surface area contributed by atoms with E-state index in [2.05, 4.69) is 40.4 Å². The third-order valence-corrected chi connectivity index (χ3v) is 10.5. The summed E-state index contributed by atoms with van der Waals surface area (Å²) in [5, 5.41) is 0.0539. The highest BCUT2D eigenvalue weighted by Gasteiger charge is 2.59. The van der Waals surface area contributed by atoms with Crippen molar-refractivity contribution in [3.8, 4) is 0 Å². The van der Waals surface area contributed by atoms with Crippen LogP contribution in [-0.2, 0) is 23.4 Å². The highest BCUT2D eigenvalue weighted by molar-refractivity contribution is 6.74. The second kappa shape index (κ2) is 9.40. The molecule has 0 radical (unpaired) electrons. The zero-order chi connectivity index (χ0) is 23.5. The van der Waals surface area contributed by atoms with Crippen molar-refractivity contribution >= 4 is 20.4 Å². The molecule has 0 saturated carbocycles. The van der Waals surface area contributed by atoms with Gasteiger partial charge in [-0.3, -0.25) is 4.90 Å². The molecule has 0 bridgehead atoms. The van der Waals surface area contributed by atoms with Gasteiger partial charge >= 0.3 is 12.1 Å². The quantitative estimate of drug-likeness (QED) is 0.327. The van der Waals surface area contributed by atoms with E-state index in [1.807, 2.05) is 0 Å². The summed E-state index contributed by atoms with van der Waals surface area (Å²) in [4.78, 5) is 27.5. The van der Waals surface area contributed by atoms with Gasteiger partial charge in [-0.2, -0.15) is 0 Å². The number of carbonyl (C=O) groups is 2. The smallest absolute Gasteiger partial charge is 0.411 e. The summed E-state index contributed by atoms with van der Waals surface area (Å²) in [6.07, 6.45) is -0.402. The first-order chi connectivity index (χ1) is 13.5. The van der Waals surface area contributed by atoms with Crippen LogP contribution in [0.1, 0.15) is 54.4 Å². The standard InChI is InChI=1S/C22H41NO6Si/c1-16(15-28-30(10,11)21(5,6)7)14-22(18(24)27-9)17(26-8)12-13-23(22)19(25)29-20(2,3)4/h17H,1,12-15H2,2-11H3/t17-,22?/m0/s1. The van der Waals surface area contributed by atoms with Crippen molar-refractivity contribution in [2.45, 2.75) is 89.8 Å². The lowest BCUT2D eigenvalue weighted by atomic mass is 9.86. The molecule has 174 valence electrons. The lowest BCUT2D eigenvalue weighted by molar-refractivity contribution is -0.159. The maximum absolute atomic E-state index is 13.1. The van der Waals surface area contributed by atoms with E-state index in [4.69, 9.17) is 18.6 Å². The summed E-state index contributed by atoms with van der Waals surface area (Å²) < 4.78 is 22.6. The van der Waals surface area contributed by atoms with Gasteiger partial charge in [-0.05, 0) is 45.3 Å². The average molecular weight is 444 g/mol. The van der Waals surface area contributed by atoms with Crippen molar-refractivity contribution in [3.05, 3.63) is 12.2 Å². The fraction of sp³-hybridized carbons (Fsp3) is 0.818. The van der Waals surface area contributed by atoms with Gasteiger partial charge < -0.3 is 18.6 Å². The van der Waals surface area contributed by atoms with Crippen molar-refractivity contribution in [1.29, 1.82) is 0 Å². The molecule has 0 aliphatic carbocycles. The van der Waals surface area contributed by atoms with E-state index in [0.29, 0.717) is 25.1 Å². The van der Waals surface area contributed by atoms with Crippen LogP contribution in [0.3, 0.4) is 0 Å². The van der Waals surface area contributed by atoms with Crippen molar-refractivity contribution < 1.29 is 28.2 Å². The van der Waals surface area contributed by atoms with E-state index in [0.717, 1.165) is 0 Å². The van der Waals surface area contributed by atoms with Gasteiger partial charge in [-0.1, -0.05) is 32.9 Å². The van der Waals surface area contributed by atoms with Crippen LogP contribution in [0, 0.1) is 0 Å². The summed E-state index contributed by atoms with van der Waals surface area (Å²) >= 11 is 0. The van der Waals surface area contributed by atoms with Gasteiger partial charge in [0.25, 0.3) is 0 Å². The van der Waals surface area contributed by atoms with E-state index < -0.39 is 37.6 Å². The van der Waals surface area contributed by atoms with Gasteiger partial charge in [0.2, 0.25) is 0 Å². The Bertz CT molecular complexity index is 649. The molecule has 1 rings (SSSR count). The van der Waals surface area contributed by atoms with Crippen LogP contribution in [0.15, 0.2) is 12.2 Å². The highest BCUT2D eigenvalue weighted by atomic mass is 28.4. The molecule has 0 spiro atoms. The summed E-state index contributed by atoms with van der Waals surface area (Å²) in [6.45, 7) is 21.0. The Hall–Kier alpha value is -1.38. The lowest BCUT2D eigenvalue weighted by Gasteiger charge is -2.40. The number of hydrogen-bond acceptors (Lipinski definition) is 6. The molecule has 1 saturated heterocycles. The number of methoxy groups -OCH3 is 2. The van der Waals surface area contributed by atoms with Crippen LogP contribution < -0.4 is 0 Å². The molecule has 8 heteroatoms. The molecule has 1 aliphatic heterocycles. The van der Waals surface area contributed by atoms with E-state index in [-0.39, 0.29) is 11.5 Å². The Kier molecular flexibility index (Phi) is 8.35. The van der Waals surface area contributed by atoms with E-state index in [1.54, 1.807) is 20.8 Å². The Balaban J connectivity index is 3.19. The predicted molar refractivity (Wildman–Crippen MR) is 120 cm³/mol. The second-order valence-corrected chi connectivity index (χ2v) is 15.3. The molecule has 30 heavy (non-hydrogen) atoms. The second-order valence-electron chi connectivity index (χ2n) is 10.5. The topological polar surface area (TPSA) is 74.3 Å². The maximum Gasteiger partial charge on any atom is 0.411 e. The first-order valence-corrected chi connectivity index (χ1v) is 13.3. The van der Waals surface area contributed by atoms with Crippen molar-refractivity contribution in [1.82, 2.24) is 4.90 Å². The molecule has 2 atom stereocenters. The summed E-state index contributed by atoms with van der Waals surface area (Å²) in [6, 6.07) is 0. The SMILES string of the molecule is C=C(CO[Si](C)(C)C(C)(C)C)CC1(C(=O)OC)[C@@H](OC)CCN1C(=O)OC(C)(C)C. The van der Waals surface area contributed by atoms with Gasteiger partial charge in [0.1, 0.15) is 5.60 Å². The third kappa shape index (κ3) is 5.86. The van der Waals surface area contributed by atoms with Crippen LogP contribution >= 0.6 is 0 Å². The molecule has 1 amide bonds. The van der Waals surface area contributed by atoms with Crippen LogP contribution in [0.2, 0.25) is 18.1 Å². The van der Waals surface area contributed by atoms with Gasteiger partial charge in [0.05, 0.1) is 19.8 Å². The van der Waals surface area contributed by atoms with Gasteiger partial charge in [-0.15, -0.1) is 0 Å². The number of hydrogen-bond donors (Lipinski definition) is 0. The number of esters is 1. The minimum Gasteiger partial charge on any atom is -0.467 e. The number of rotatable bonds is 7. The maximum atomic E-state index is 13.1. The molecule has 0 N–H and O–H groups in total. The zero-order valence-corrected chi connectivity index (χ0v) is 21.5. The minimum absolute atomic E-state index is 0.0539. The Labute approximate surface area is 183 Å². The van der Waals surface area contributed by atoms with Crippen LogP contribution in [-0.4, -0.2) is 69.9 Å². The molecule has 1 unspecified atom stereocenters. The first kappa shape index (κ1) is 26.7. The predicted octanol–water partition coefficient (Wildman–Crippen LogP) is 4.52. The van der Waals surface area contributed by atoms with Crippen LogP contribution in [0.5, 0.6) is 0 Å². The van der Waals surface area contributed by atoms with Crippen molar-refractivity contribution in [2.75, 3.05) is 27.4 Å². The molecule has 0 aromatic rings. The molecular formula is C22H41NO6Si. The molecule has 1 heterocycles. The average Bonchev–Trinajstić information content (AvgIpc) is 2.96. The normalized spacial score (nSPS) is 22.7. The number of ether oxygens (including phenoxy) is 3. The number of amides is 1. The highest BCUT2D eigenvalue weighted by Crippen LogP contribution is 2.40. The van der Waals surface area contributed by atoms with Crippen molar-refractivity contribution in [2.24, 2.45) is 0 Å². The third-order valence-electron chi connectivity index (χ3n) is 6.03. The Morgan fingerprint density at radius 1 is 1.13 bits per heavy atom. The molecule has 7 nitrogen and oxygen atoms in total. The summed E-state index contributed by atoms with van der Waals surface area (Å²) in [5.41, 5.74) is -1.31. The molecule has 1 fully saturated rings. The molecule has 1 aliphatic rings. The number of nitrogens with zero attached hydrogens (tertiary/aromatic N) is 1. The van der Waals surface area contributed by atoms with Crippen molar-refractivity contribution in [3.63, 3.8) is 0 Å². The largest absolute Gasteiger partial charge is 0.467 e. The van der Waals surface area contributed by atoms with Gasteiger partial charge in [0, 0.05) is 20.1 Å². The molecule has 0 aromatic heterocycles. The van der Waals surface area contributed by atoms with Crippen LogP contribution in [0.25, 0.3) is 0 Å². The fourth-order valence-electron chi connectivity index (χ4n) is 3.37. The first-order valence-electron chi connectivity index (χ1n) is 10.4.